The van der Waals surface area contributed by atoms with Crippen LogP contribution >= 0.6 is 11.3 Å². The minimum Gasteiger partial charge on any atom is -0.228 e. The van der Waals surface area contributed by atoms with Crippen LogP contribution in [0.2, 0.25) is 0 Å². The second-order valence-corrected chi connectivity index (χ2v) is 17.5. The minimum atomic E-state index is -0.585. The van der Waals surface area contributed by atoms with Crippen LogP contribution in [0, 0.1) is 0 Å². The zero-order valence-electron chi connectivity index (χ0n) is 33.6. The molecule has 2 heterocycles. The van der Waals surface area contributed by atoms with Crippen molar-refractivity contribution in [3.63, 3.8) is 0 Å². The molecule has 2 nitrogen and oxygen atoms in total. The summed E-state index contributed by atoms with van der Waals surface area (Å²) >= 11 is 1.83. The fourth-order valence-corrected chi connectivity index (χ4v) is 11.7. The van der Waals surface area contributed by atoms with Gasteiger partial charge in [0.1, 0.15) is 0 Å². The highest BCUT2D eigenvalue weighted by Crippen LogP contribution is 2.61. The summed E-state index contributed by atoms with van der Waals surface area (Å²) in [5.41, 5.74) is 19.3. The first-order chi connectivity index (χ1) is 30.7. The van der Waals surface area contributed by atoms with Crippen molar-refractivity contribution in [2.45, 2.75) is 5.41 Å². The number of thiophene rings is 1. The van der Waals surface area contributed by atoms with Crippen LogP contribution < -0.4 is 0 Å². The van der Waals surface area contributed by atoms with Crippen molar-refractivity contribution in [1.82, 2.24) is 9.97 Å². The molecule has 1 spiro atoms. The summed E-state index contributed by atoms with van der Waals surface area (Å²) < 4.78 is 2.52. The van der Waals surface area contributed by atoms with Gasteiger partial charge < -0.3 is 0 Å². The first-order valence-electron chi connectivity index (χ1n) is 21.2. The molecule has 0 bridgehead atoms. The fraction of sp³-hybridized carbons (Fsp3) is 0.0169. The maximum absolute atomic E-state index is 5.52. The van der Waals surface area contributed by atoms with E-state index in [2.05, 4.69) is 218 Å². The van der Waals surface area contributed by atoms with Crippen molar-refractivity contribution in [2.24, 2.45) is 0 Å². The molecule has 2 aliphatic carbocycles. The first-order valence-corrected chi connectivity index (χ1v) is 22.0. The molecular weight excluding hydrogens is 769 g/mol. The van der Waals surface area contributed by atoms with Crippen molar-refractivity contribution in [2.75, 3.05) is 0 Å². The molecule has 0 atom stereocenters. The van der Waals surface area contributed by atoms with E-state index < -0.39 is 5.41 Å². The second-order valence-electron chi connectivity index (χ2n) is 16.4. The largest absolute Gasteiger partial charge is 0.228 e. The van der Waals surface area contributed by atoms with Crippen LogP contribution in [0.3, 0.4) is 0 Å². The molecule has 0 radical (unpaired) electrons. The Hall–Kier alpha value is -7.72. The molecule has 0 saturated heterocycles. The zero-order chi connectivity index (χ0) is 40.8. The second kappa shape index (κ2) is 13.7. The molecular formula is C59H36N2S. The third-order valence-corrected chi connectivity index (χ3v) is 14.3. The summed E-state index contributed by atoms with van der Waals surface area (Å²) in [6.07, 6.45) is 0. The molecule has 62 heavy (non-hydrogen) atoms. The summed E-state index contributed by atoms with van der Waals surface area (Å²) in [6.45, 7) is 0. The van der Waals surface area contributed by atoms with Gasteiger partial charge in [0.15, 0.2) is 5.82 Å². The highest BCUT2D eigenvalue weighted by molar-refractivity contribution is 7.25. The Bertz CT molecular complexity index is 3550. The normalized spacial score (nSPS) is 13.0. The van der Waals surface area contributed by atoms with Gasteiger partial charge in [0.05, 0.1) is 16.8 Å². The number of hydrogen-bond acceptors (Lipinski definition) is 3. The number of fused-ring (bicyclic) bond motifs is 15. The van der Waals surface area contributed by atoms with Crippen molar-refractivity contribution in [1.29, 1.82) is 0 Å². The molecule has 9 aromatic carbocycles. The predicted molar refractivity (Wildman–Crippen MR) is 258 cm³/mol. The van der Waals surface area contributed by atoms with Gasteiger partial charge in [-0.15, -0.1) is 11.3 Å². The van der Waals surface area contributed by atoms with Crippen LogP contribution in [0.25, 0.3) is 98.6 Å². The van der Waals surface area contributed by atoms with E-state index in [-0.39, 0.29) is 0 Å². The maximum Gasteiger partial charge on any atom is 0.160 e. The molecule has 13 rings (SSSR count). The molecule has 11 aromatic rings. The number of hydrogen-bond donors (Lipinski definition) is 0. The lowest BCUT2D eigenvalue weighted by molar-refractivity contribution is 0.775. The Kier molecular flexibility index (Phi) is 7.72. The minimum absolute atomic E-state index is 0.585. The molecule has 0 amide bonds. The average molecular weight is 805 g/mol. The van der Waals surface area contributed by atoms with E-state index in [1.165, 1.54) is 75.8 Å². The lowest BCUT2D eigenvalue weighted by Crippen LogP contribution is -2.29. The van der Waals surface area contributed by atoms with Crippen LogP contribution in [0.15, 0.2) is 218 Å². The van der Waals surface area contributed by atoms with Gasteiger partial charge in [0.2, 0.25) is 0 Å². The average Bonchev–Trinajstić information content (AvgIpc) is 3.85. The van der Waals surface area contributed by atoms with Gasteiger partial charge in [-0.25, -0.2) is 9.97 Å². The Morgan fingerprint density at radius 2 is 0.823 bits per heavy atom. The van der Waals surface area contributed by atoms with Gasteiger partial charge in [-0.2, -0.15) is 0 Å². The maximum atomic E-state index is 5.52. The van der Waals surface area contributed by atoms with E-state index in [0.29, 0.717) is 5.82 Å². The topological polar surface area (TPSA) is 25.8 Å². The van der Waals surface area contributed by atoms with E-state index in [9.17, 15) is 0 Å². The molecule has 0 saturated carbocycles. The van der Waals surface area contributed by atoms with Gasteiger partial charge in [0.25, 0.3) is 0 Å². The number of aromatic nitrogens is 2. The summed E-state index contributed by atoms with van der Waals surface area (Å²) in [5.74, 6) is 0.698. The molecule has 0 aliphatic heterocycles. The van der Waals surface area contributed by atoms with E-state index in [4.69, 9.17) is 9.97 Å². The Morgan fingerprint density at radius 3 is 1.55 bits per heavy atom. The monoisotopic (exact) mass is 804 g/mol. The SMILES string of the molecule is c1ccc(-c2cccc(-c3nc(-c4ccc5c(c4)C4(c6ccccc6-c6ccccc6-5)c5ccccc5-c5ccccc54)cc(-c4cccc5sc6ccccc6c45)n3)c2)cc1. The third-order valence-electron chi connectivity index (χ3n) is 13.1. The fourth-order valence-electron chi connectivity index (χ4n) is 10.5. The van der Waals surface area contributed by atoms with Crippen molar-refractivity contribution in [3.8, 4) is 78.4 Å². The van der Waals surface area contributed by atoms with E-state index >= 15 is 0 Å². The van der Waals surface area contributed by atoms with Crippen molar-refractivity contribution in [3.05, 3.63) is 241 Å². The molecule has 2 aliphatic rings. The molecule has 0 unspecified atom stereocenters. The Labute approximate surface area is 364 Å². The molecule has 3 heteroatoms. The molecule has 0 N–H and O–H groups in total. The number of benzene rings is 9. The van der Waals surface area contributed by atoms with Gasteiger partial charge >= 0.3 is 0 Å². The van der Waals surface area contributed by atoms with E-state index in [1.807, 2.05) is 11.3 Å². The van der Waals surface area contributed by atoms with Crippen molar-refractivity contribution < 1.29 is 0 Å². The number of nitrogens with zero attached hydrogens (tertiary/aromatic N) is 2. The predicted octanol–water partition coefficient (Wildman–Crippen LogP) is 15.5. The van der Waals surface area contributed by atoms with Gasteiger partial charge in [-0.3, -0.25) is 0 Å². The van der Waals surface area contributed by atoms with Crippen molar-refractivity contribution >= 4 is 31.5 Å². The lowest BCUT2D eigenvalue weighted by Gasteiger charge is -2.35. The van der Waals surface area contributed by atoms with Crippen LogP contribution in [-0.4, -0.2) is 9.97 Å². The molecule has 288 valence electrons. The zero-order valence-corrected chi connectivity index (χ0v) is 34.4. The lowest BCUT2D eigenvalue weighted by atomic mass is 9.65. The summed E-state index contributed by atoms with van der Waals surface area (Å²) in [4.78, 5) is 11.0. The van der Waals surface area contributed by atoms with Crippen LogP contribution in [0.1, 0.15) is 22.3 Å². The smallest absolute Gasteiger partial charge is 0.160 e. The number of rotatable bonds is 4. The summed E-state index contributed by atoms with van der Waals surface area (Å²) in [5, 5.41) is 2.48. The standard InChI is InChI=1S/C59H36N2S/c1-2-16-37(17-3-1)38-18-14-19-40(34-38)58-60-53(36-54(61-58)47-26-15-31-56-57(47)48-25-9-13-30-55(48)62-56)39-32-33-46-42-21-5-4-20-41(42)43-22-6-10-27-49(43)59(52(46)35-39)50-28-11-7-23-44(50)45-24-8-12-29-51(45)59/h1-36H. The van der Waals surface area contributed by atoms with Gasteiger partial charge in [-0.1, -0.05) is 188 Å². The molecule has 0 fully saturated rings. The Morgan fingerprint density at radius 1 is 0.306 bits per heavy atom. The Balaban J connectivity index is 1.11. The van der Waals surface area contributed by atoms with E-state index in [1.54, 1.807) is 0 Å². The van der Waals surface area contributed by atoms with Gasteiger partial charge in [0, 0.05) is 36.9 Å². The highest BCUT2D eigenvalue weighted by atomic mass is 32.1. The van der Waals surface area contributed by atoms with E-state index in [0.717, 1.165) is 39.2 Å². The van der Waals surface area contributed by atoms with Crippen LogP contribution in [0.5, 0.6) is 0 Å². The summed E-state index contributed by atoms with van der Waals surface area (Å²) in [7, 11) is 0. The van der Waals surface area contributed by atoms with Crippen LogP contribution in [-0.2, 0) is 5.41 Å². The van der Waals surface area contributed by atoms with Gasteiger partial charge in [-0.05, 0) is 97.1 Å². The molecule has 2 aromatic heterocycles. The highest BCUT2D eigenvalue weighted by Gasteiger charge is 2.49. The third kappa shape index (κ3) is 5.09. The first kappa shape index (κ1) is 35.1. The summed E-state index contributed by atoms with van der Waals surface area (Å²) in [6, 6.07) is 79.9. The van der Waals surface area contributed by atoms with Crippen LogP contribution in [0.4, 0.5) is 0 Å². The quantitative estimate of drug-likeness (QED) is 0.177.